The van der Waals surface area contributed by atoms with E-state index < -0.39 is 6.10 Å². The molecule has 2 aromatic rings. The Labute approximate surface area is 122 Å². The maximum atomic E-state index is 12.0. The van der Waals surface area contributed by atoms with Gasteiger partial charge in [-0.3, -0.25) is 4.79 Å². The predicted octanol–water partition coefficient (Wildman–Crippen LogP) is 3.45. The first-order chi connectivity index (χ1) is 9.56. The lowest BCUT2D eigenvalue weighted by atomic mass is 10.2. The predicted molar refractivity (Wildman–Crippen MR) is 79.1 cm³/mol. The van der Waals surface area contributed by atoms with Crippen molar-refractivity contribution in [2.75, 3.05) is 5.32 Å². The van der Waals surface area contributed by atoms with Gasteiger partial charge in [0.25, 0.3) is 5.91 Å². The monoisotopic (exact) mass is 290 g/mol. The Bertz CT molecular complexity index is 599. The summed E-state index contributed by atoms with van der Waals surface area (Å²) in [7, 11) is 0. The minimum Gasteiger partial charge on any atom is -0.481 e. The minimum atomic E-state index is -0.617. The van der Waals surface area contributed by atoms with Gasteiger partial charge in [0.1, 0.15) is 11.6 Å². The van der Waals surface area contributed by atoms with Gasteiger partial charge in [-0.2, -0.15) is 0 Å². The Balaban J connectivity index is 1.99. The quantitative estimate of drug-likeness (QED) is 0.938. The van der Waals surface area contributed by atoms with Gasteiger partial charge in [0.15, 0.2) is 6.10 Å². The molecule has 0 unspecified atom stereocenters. The largest absolute Gasteiger partial charge is 0.481 e. The number of rotatable bonds is 4. The fourth-order valence-corrected chi connectivity index (χ4v) is 1.72. The number of hydrogen-bond acceptors (Lipinski definition) is 3. The van der Waals surface area contributed by atoms with E-state index in [1.54, 1.807) is 19.1 Å². The Morgan fingerprint density at radius 3 is 2.70 bits per heavy atom. The first-order valence-corrected chi connectivity index (χ1v) is 6.59. The summed E-state index contributed by atoms with van der Waals surface area (Å²) in [5, 5.41) is 3.20. The highest BCUT2D eigenvalue weighted by atomic mass is 35.5. The lowest BCUT2D eigenvalue weighted by Crippen LogP contribution is -2.30. The molecular weight excluding hydrogens is 276 g/mol. The van der Waals surface area contributed by atoms with Crippen molar-refractivity contribution in [3.8, 4) is 5.75 Å². The van der Waals surface area contributed by atoms with E-state index in [0.29, 0.717) is 16.6 Å². The van der Waals surface area contributed by atoms with Crippen LogP contribution in [0.2, 0.25) is 5.02 Å². The van der Waals surface area contributed by atoms with Crippen molar-refractivity contribution in [1.29, 1.82) is 0 Å². The smallest absolute Gasteiger partial charge is 0.266 e. The number of halogens is 1. The molecule has 0 aliphatic rings. The highest BCUT2D eigenvalue weighted by molar-refractivity contribution is 6.30. The number of amides is 1. The molecule has 0 aliphatic carbocycles. The normalized spacial score (nSPS) is 11.8. The third-order valence-corrected chi connectivity index (χ3v) is 2.97. The molecular formula is C15H15ClN2O2. The molecule has 0 fully saturated rings. The summed E-state index contributed by atoms with van der Waals surface area (Å²) >= 11 is 5.74. The van der Waals surface area contributed by atoms with E-state index in [0.717, 1.165) is 5.56 Å². The zero-order valence-corrected chi connectivity index (χ0v) is 12.0. The topological polar surface area (TPSA) is 51.2 Å². The lowest BCUT2D eigenvalue weighted by Gasteiger charge is -2.15. The van der Waals surface area contributed by atoms with E-state index in [2.05, 4.69) is 10.3 Å². The van der Waals surface area contributed by atoms with Crippen LogP contribution in [-0.2, 0) is 4.79 Å². The molecule has 4 nitrogen and oxygen atoms in total. The number of carbonyl (C=O) groups excluding carboxylic acids is 1. The van der Waals surface area contributed by atoms with E-state index in [4.69, 9.17) is 16.3 Å². The molecule has 2 rings (SSSR count). The Kier molecular flexibility index (Phi) is 4.58. The average Bonchev–Trinajstić information content (AvgIpc) is 2.44. The number of anilines is 1. The number of para-hydroxylation sites is 1. The van der Waals surface area contributed by atoms with E-state index in [1.807, 2.05) is 31.2 Å². The fraction of sp³-hybridized carbons (Fsp3) is 0.200. The van der Waals surface area contributed by atoms with Crippen LogP contribution in [0.3, 0.4) is 0 Å². The van der Waals surface area contributed by atoms with Crippen LogP contribution in [0, 0.1) is 6.92 Å². The van der Waals surface area contributed by atoms with Crippen LogP contribution >= 0.6 is 11.6 Å². The van der Waals surface area contributed by atoms with Gasteiger partial charge in [0, 0.05) is 6.20 Å². The van der Waals surface area contributed by atoms with Gasteiger partial charge in [-0.1, -0.05) is 29.8 Å². The highest BCUT2D eigenvalue weighted by Gasteiger charge is 2.16. The molecule has 1 amide bonds. The second kappa shape index (κ2) is 6.39. The number of nitrogens with one attached hydrogen (secondary N) is 1. The van der Waals surface area contributed by atoms with Crippen molar-refractivity contribution >= 4 is 23.3 Å². The number of benzene rings is 1. The number of carbonyl (C=O) groups is 1. The van der Waals surface area contributed by atoms with E-state index in [1.165, 1.54) is 6.20 Å². The molecule has 1 heterocycles. The Morgan fingerprint density at radius 1 is 1.30 bits per heavy atom. The Morgan fingerprint density at radius 2 is 2.05 bits per heavy atom. The summed E-state index contributed by atoms with van der Waals surface area (Å²) in [6, 6.07) is 10.9. The van der Waals surface area contributed by atoms with Crippen molar-refractivity contribution < 1.29 is 9.53 Å². The number of hydrogen-bond donors (Lipinski definition) is 1. The molecule has 0 radical (unpaired) electrons. The molecule has 1 aromatic carbocycles. The molecule has 20 heavy (non-hydrogen) atoms. The summed E-state index contributed by atoms with van der Waals surface area (Å²) in [5.41, 5.74) is 0.983. The first kappa shape index (κ1) is 14.3. The maximum absolute atomic E-state index is 12.0. The number of nitrogens with zero attached hydrogens (tertiary/aromatic N) is 1. The van der Waals surface area contributed by atoms with Gasteiger partial charge >= 0.3 is 0 Å². The minimum absolute atomic E-state index is 0.261. The second-order valence-electron chi connectivity index (χ2n) is 4.38. The van der Waals surface area contributed by atoms with Gasteiger partial charge in [0.05, 0.1) is 5.02 Å². The van der Waals surface area contributed by atoms with Crippen LogP contribution in [0.15, 0.2) is 42.6 Å². The zero-order valence-electron chi connectivity index (χ0n) is 11.3. The summed E-state index contributed by atoms with van der Waals surface area (Å²) in [6.07, 6.45) is 0.859. The van der Waals surface area contributed by atoms with Crippen molar-refractivity contribution in [2.45, 2.75) is 20.0 Å². The summed E-state index contributed by atoms with van der Waals surface area (Å²) in [6.45, 7) is 3.62. The molecule has 1 atom stereocenters. The van der Waals surface area contributed by atoms with E-state index in [-0.39, 0.29) is 5.91 Å². The highest BCUT2D eigenvalue weighted by Crippen LogP contribution is 2.18. The molecule has 1 N–H and O–H groups in total. The van der Waals surface area contributed by atoms with Crippen LogP contribution in [0.4, 0.5) is 5.82 Å². The molecule has 5 heteroatoms. The molecule has 0 saturated heterocycles. The standard InChI is InChI=1S/C15H15ClN2O2/c1-10-5-3-4-6-13(10)20-11(2)15(19)18-14-8-7-12(16)9-17-14/h3-9,11H,1-2H3,(H,17,18,19)/t11-/m0/s1. The van der Waals surface area contributed by atoms with Gasteiger partial charge in [-0.15, -0.1) is 0 Å². The second-order valence-corrected chi connectivity index (χ2v) is 4.81. The summed E-state index contributed by atoms with van der Waals surface area (Å²) in [4.78, 5) is 16.0. The third kappa shape index (κ3) is 3.71. The molecule has 104 valence electrons. The van der Waals surface area contributed by atoms with Gasteiger partial charge < -0.3 is 10.1 Å². The van der Waals surface area contributed by atoms with Crippen molar-refractivity contribution in [1.82, 2.24) is 4.98 Å². The van der Waals surface area contributed by atoms with Gasteiger partial charge in [-0.05, 0) is 37.6 Å². The summed E-state index contributed by atoms with van der Waals surface area (Å²) < 4.78 is 5.64. The molecule has 0 bridgehead atoms. The lowest BCUT2D eigenvalue weighted by molar-refractivity contribution is -0.122. The van der Waals surface area contributed by atoms with Gasteiger partial charge in [-0.25, -0.2) is 4.98 Å². The van der Waals surface area contributed by atoms with Crippen molar-refractivity contribution in [3.63, 3.8) is 0 Å². The molecule has 1 aromatic heterocycles. The van der Waals surface area contributed by atoms with E-state index >= 15 is 0 Å². The maximum Gasteiger partial charge on any atom is 0.266 e. The van der Waals surface area contributed by atoms with E-state index in [9.17, 15) is 4.79 Å². The molecule has 0 spiro atoms. The molecule has 0 aliphatic heterocycles. The fourth-order valence-electron chi connectivity index (χ4n) is 1.61. The number of aromatic nitrogens is 1. The van der Waals surface area contributed by atoms with Crippen LogP contribution in [0.1, 0.15) is 12.5 Å². The number of pyridine rings is 1. The van der Waals surface area contributed by atoms with Crippen LogP contribution in [-0.4, -0.2) is 17.0 Å². The first-order valence-electron chi connectivity index (χ1n) is 6.21. The number of ether oxygens (including phenoxy) is 1. The summed E-state index contributed by atoms with van der Waals surface area (Å²) in [5.74, 6) is 0.877. The number of aryl methyl sites for hydroxylation is 1. The SMILES string of the molecule is Cc1ccccc1O[C@@H](C)C(=O)Nc1ccc(Cl)cn1. The zero-order chi connectivity index (χ0) is 14.5. The van der Waals surface area contributed by atoms with Crippen molar-refractivity contribution in [3.05, 3.63) is 53.2 Å². The Hall–Kier alpha value is -2.07. The van der Waals surface area contributed by atoms with Crippen LogP contribution in [0.5, 0.6) is 5.75 Å². The van der Waals surface area contributed by atoms with Crippen molar-refractivity contribution in [2.24, 2.45) is 0 Å². The molecule has 0 saturated carbocycles. The van der Waals surface area contributed by atoms with Gasteiger partial charge in [0.2, 0.25) is 0 Å². The van der Waals surface area contributed by atoms with Crippen LogP contribution < -0.4 is 10.1 Å². The third-order valence-electron chi connectivity index (χ3n) is 2.75. The van der Waals surface area contributed by atoms with Crippen LogP contribution in [0.25, 0.3) is 0 Å². The average molecular weight is 291 g/mol.